The monoisotopic (exact) mass is 258 g/mol. The maximum Gasteiger partial charge on any atom is 0.105 e. The molecule has 1 aromatic carbocycles. The van der Waals surface area contributed by atoms with Crippen molar-refractivity contribution in [3.63, 3.8) is 0 Å². The lowest BCUT2D eigenvalue weighted by atomic mass is 9.97. The van der Waals surface area contributed by atoms with E-state index >= 15 is 0 Å². The molecule has 1 heterocycles. The topological polar surface area (TPSA) is 102 Å². The molecule has 6 heteroatoms. The molecule has 2 aromatic rings. The molecule has 1 aromatic heterocycles. The molecule has 6 nitrogen and oxygen atoms in total. The molecule has 0 aliphatic carbocycles. The fraction of sp³-hybridized carbons (Fsp3) is 0.308. The van der Waals surface area contributed by atoms with Crippen LogP contribution in [0.2, 0.25) is 0 Å². The van der Waals surface area contributed by atoms with Crippen LogP contribution in [0.5, 0.6) is 0 Å². The van der Waals surface area contributed by atoms with Crippen LogP contribution in [0.15, 0.2) is 41.8 Å². The minimum Gasteiger partial charge on any atom is -0.390 e. The van der Waals surface area contributed by atoms with Crippen molar-refractivity contribution in [3.05, 3.63) is 52.7 Å². The molecule has 98 valence electrons. The molecule has 0 radical (unpaired) electrons. The van der Waals surface area contributed by atoms with Gasteiger partial charge in [0.2, 0.25) is 0 Å². The van der Waals surface area contributed by atoms with Gasteiger partial charge in [-0.1, -0.05) is 23.3 Å². The van der Waals surface area contributed by atoms with Crippen molar-refractivity contribution < 1.29 is 10.2 Å². The third-order valence-electron chi connectivity index (χ3n) is 2.99. The summed E-state index contributed by atoms with van der Waals surface area (Å²) in [4.78, 5) is 6.64. The third-order valence-corrected chi connectivity index (χ3v) is 2.99. The largest absolute Gasteiger partial charge is 0.390 e. The first kappa shape index (κ1) is 13.3. The number of fused-ring (bicyclic) bond motifs is 1. The summed E-state index contributed by atoms with van der Waals surface area (Å²) in [6.07, 6.45) is 1.55. The molecule has 0 saturated carbocycles. The molecule has 0 aliphatic rings. The van der Waals surface area contributed by atoms with Gasteiger partial charge >= 0.3 is 0 Å². The zero-order chi connectivity index (χ0) is 13.7. The van der Waals surface area contributed by atoms with Crippen LogP contribution in [0.3, 0.4) is 0 Å². The van der Waals surface area contributed by atoms with E-state index in [-0.39, 0.29) is 13.0 Å². The van der Waals surface area contributed by atoms with E-state index in [1.54, 1.807) is 18.5 Å². The van der Waals surface area contributed by atoms with Crippen LogP contribution < -0.4 is 0 Å². The molecule has 2 N–H and O–H groups in total. The van der Waals surface area contributed by atoms with E-state index in [9.17, 15) is 10.2 Å². The Balaban J connectivity index is 2.25. The van der Waals surface area contributed by atoms with Gasteiger partial charge in [0.15, 0.2) is 0 Å². The Hall–Kier alpha value is -2.14. The van der Waals surface area contributed by atoms with Crippen LogP contribution in [-0.2, 0) is 0 Å². The van der Waals surface area contributed by atoms with Gasteiger partial charge in [0, 0.05) is 29.2 Å². The number of aromatic nitrogens is 1. The number of hydrogen-bond acceptors (Lipinski definition) is 4. The van der Waals surface area contributed by atoms with Crippen LogP contribution in [-0.4, -0.2) is 27.8 Å². The number of aliphatic hydroxyl groups excluding tert-OH is 2. The summed E-state index contributed by atoms with van der Waals surface area (Å²) < 4.78 is 0. The van der Waals surface area contributed by atoms with Crippen molar-refractivity contribution in [1.29, 1.82) is 0 Å². The second-order valence-corrected chi connectivity index (χ2v) is 4.20. The SMILES string of the molecule is [N-]=[N+]=NCCC(O)C(O)c1cccc2ccncc12. The van der Waals surface area contributed by atoms with Gasteiger partial charge in [-0.15, -0.1) is 0 Å². The van der Waals surface area contributed by atoms with Crippen LogP contribution >= 0.6 is 0 Å². The highest BCUT2D eigenvalue weighted by Crippen LogP contribution is 2.26. The highest BCUT2D eigenvalue weighted by molar-refractivity contribution is 5.85. The smallest absolute Gasteiger partial charge is 0.105 e. The molecule has 2 atom stereocenters. The van der Waals surface area contributed by atoms with Crippen molar-refractivity contribution in [2.75, 3.05) is 6.54 Å². The highest BCUT2D eigenvalue weighted by atomic mass is 16.3. The minimum absolute atomic E-state index is 0.151. The first-order chi connectivity index (χ1) is 9.24. The molecule has 0 fully saturated rings. The van der Waals surface area contributed by atoms with E-state index in [1.807, 2.05) is 18.2 Å². The van der Waals surface area contributed by atoms with Gasteiger partial charge < -0.3 is 10.2 Å². The third kappa shape index (κ3) is 3.00. The van der Waals surface area contributed by atoms with Crippen molar-refractivity contribution in [3.8, 4) is 0 Å². The summed E-state index contributed by atoms with van der Waals surface area (Å²) in [7, 11) is 0. The fourth-order valence-electron chi connectivity index (χ4n) is 1.99. The van der Waals surface area contributed by atoms with Gasteiger partial charge in [-0.25, -0.2) is 0 Å². The van der Waals surface area contributed by atoms with Crippen molar-refractivity contribution >= 4 is 10.8 Å². The lowest BCUT2D eigenvalue weighted by Crippen LogP contribution is -2.19. The maximum absolute atomic E-state index is 10.2. The second kappa shape index (κ2) is 6.15. The summed E-state index contributed by atoms with van der Waals surface area (Å²) in [5.74, 6) is 0. The van der Waals surface area contributed by atoms with E-state index in [0.29, 0.717) is 5.56 Å². The van der Waals surface area contributed by atoms with Gasteiger partial charge in [0.05, 0.1) is 6.10 Å². The first-order valence-corrected chi connectivity index (χ1v) is 5.93. The van der Waals surface area contributed by atoms with Crippen LogP contribution in [0, 0.1) is 0 Å². The zero-order valence-electron chi connectivity index (χ0n) is 10.2. The highest BCUT2D eigenvalue weighted by Gasteiger charge is 2.19. The molecular weight excluding hydrogens is 244 g/mol. The zero-order valence-corrected chi connectivity index (χ0v) is 10.2. The Labute approximate surface area is 110 Å². The lowest BCUT2D eigenvalue weighted by molar-refractivity contribution is 0.0159. The molecule has 19 heavy (non-hydrogen) atoms. The Bertz CT molecular complexity index is 605. The van der Waals surface area contributed by atoms with Crippen molar-refractivity contribution in [2.24, 2.45) is 5.11 Å². The molecule has 0 bridgehead atoms. The maximum atomic E-state index is 10.2. The van der Waals surface area contributed by atoms with E-state index in [4.69, 9.17) is 5.53 Å². The van der Waals surface area contributed by atoms with E-state index in [2.05, 4.69) is 15.0 Å². The van der Waals surface area contributed by atoms with E-state index in [1.165, 1.54) is 0 Å². The van der Waals surface area contributed by atoms with Gasteiger partial charge in [0.1, 0.15) is 6.10 Å². The Morgan fingerprint density at radius 3 is 2.95 bits per heavy atom. The van der Waals surface area contributed by atoms with E-state index < -0.39 is 12.2 Å². The molecule has 0 spiro atoms. The molecule has 0 amide bonds. The molecule has 0 aliphatic heterocycles. The predicted octanol–water partition coefficient (Wildman–Crippen LogP) is 2.33. The minimum atomic E-state index is -1.03. The number of hydrogen-bond donors (Lipinski definition) is 2. The number of rotatable bonds is 5. The summed E-state index contributed by atoms with van der Waals surface area (Å²) in [6.45, 7) is 0.151. The Morgan fingerprint density at radius 2 is 2.16 bits per heavy atom. The Morgan fingerprint density at radius 1 is 1.32 bits per heavy atom. The first-order valence-electron chi connectivity index (χ1n) is 5.93. The standard InChI is InChI=1S/C13H14N4O2/c14-17-16-7-5-12(18)13(19)10-3-1-2-9-4-6-15-8-11(9)10/h1-4,6,8,12-13,18-19H,5,7H2. The van der Waals surface area contributed by atoms with Gasteiger partial charge in [-0.3, -0.25) is 4.98 Å². The quantitative estimate of drug-likeness (QED) is 0.488. The predicted molar refractivity (Wildman–Crippen MR) is 71.3 cm³/mol. The molecule has 2 rings (SSSR count). The molecule has 0 saturated heterocycles. The number of azide groups is 1. The van der Waals surface area contributed by atoms with Crippen molar-refractivity contribution in [1.82, 2.24) is 4.98 Å². The normalized spacial score (nSPS) is 13.8. The van der Waals surface area contributed by atoms with Crippen LogP contribution in [0.25, 0.3) is 21.2 Å². The molecule has 2 unspecified atom stereocenters. The Kier molecular flexibility index (Phi) is 4.30. The van der Waals surface area contributed by atoms with Crippen LogP contribution in [0.1, 0.15) is 18.1 Å². The summed E-state index contributed by atoms with van der Waals surface area (Å²) >= 11 is 0. The van der Waals surface area contributed by atoms with Crippen LogP contribution in [0.4, 0.5) is 0 Å². The van der Waals surface area contributed by atoms with Crippen molar-refractivity contribution in [2.45, 2.75) is 18.6 Å². The van der Waals surface area contributed by atoms with E-state index in [0.717, 1.165) is 10.8 Å². The number of aliphatic hydroxyl groups is 2. The number of benzene rings is 1. The average Bonchev–Trinajstić information content (AvgIpc) is 2.46. The van der Waals surface area contributed by atoms with Gasteiger partial charge in [-0.2, -0.15) is 0 Å². The number of pyridine rings is 1. The summed E-state index contributed by atoms with van der Waals surface area (Å²) in [6, 6.07) is 7.34. The fourth-order valence-corrected chi connectivity index (χ4v) is 1.99. The summed E-state index contributed by atoms with van der Waals surface area (Å²) in [5.41, 5.74) is 8.81. The molecular formula is C13H14N4O2. The number of nitrogens with zero attached hydrogens (tertiary/aromatic N) is 4. The van der Waals surface area contributed by atoms with Gasteiger partial charge in [0.25, 0.3) is 0 Å². The average molecular weight is 258 g/mol. The lowest BCUT2D eigenvalue weighted by Gasteiger charge is -2.18. The van der Waals surface area contributed by atoms with Gasteiger partial charge in [-0.05, 0) is 29.0 Å². The second-order valence-electron chi connectivity index (χ2n) is 4.20. The summed E-state index contributed by atoms with van der Waals surface area (Å²) in [5, 5.41) is 25.2.